The first-order valence-corrected chi connectivity index (χ1v) is 11.8. The molecule has 34 heavy (non-hydrogen) atoms. The van der Waals surface area contributed by atoms with Crippen LogP contribution in [0.5, 0.6) is 0 Å². The Bertz CT molecular complexity index is 1360. The van der Waals surface area contributed by atoms with Gasteiger partial charge in [-0.3, -0.25) is 14.7 Å². The van der Waals surface area contributed by atoms with Gasteiger partial charge in [-0.05, 0) is 86.3 Å². The number of hydrogen-bond acceptors (Lipinski definition) is 3. The number of anilines is 1. The first-order valence-electron chi connectivity index (χ1n) is 11.8. The van der Waals surface area contributed by atoms with E-state index in [2.05, 4.69) is 21.3 Å². The van der Waals surface area contributed by atoms with Gasteiger partial charge in [-0.1, -0.05) is 42.0 Å². The second kappa shape index (κ2) is 9.35. The van der Waals surface area contributed by atoms with Crippen LogP contribution in [0.25, 0.3) is 22.0 Å². The standard InChI is InChI=1S/C29H28FN3O/c1-19-5-7-22(8-6-19)23-9-11-25(26(30)16-23)29(34)32-27-12-10-24-15-21(17-31-28(24)20(27)2)18-33-13-3-4-14-33/h5-12,15-17H,3-4,13-14,18H2,1-2H3,(H,32,34). The molecule has 0 aliphatic carbocycles. The van der Waals surface area contributed by atoms with Crippen LogP contribution in [0.4, 0.5) is 10.1 Å². The van der Waals surface area contributed by atoms with Crippen LogP contribution in [0, 0.1) is 19.7 Å². The smallest absolute Gasteiger partial charge is 0.258 e. The largest absolute Gasteiger partial charge is 0.322 e. The molecule has 2 heterocycles. The molecule has 1 amide bonds. The van der Waals surface area contributed by atoms with Gasteiger partial charge in [-0.2, -0.15) is 0 Å². The van der Waals surface area contributed by atoms with E-state index in [1.54, 1.807) is 12.1 Å². The second-order valence-electron chi connectivity index (χ2n) is 9.15. The summed E-state index contributed by atoms with van der Waals surface area (Å²) in [5.74, 6) is -1.01. The maximum atomic E-state index is 14.9. The number of rotatable bonds is 5. The quantitative estimate of drug-likeness (QED) is 0.375. The number of pyridine rings is 1. The number of carbonyl (C=O) groups is 1. The van der Waals surface area contributed by atoms with Crippen LogP contribution in [-0.2, 0) is 6.54 Å². The summed E-state index contributed by atoms with van der Waals surface area (Å²) < 4.78 is 14.9. The van der Waals surface area contributed by atoms with Gasteiger partial charge in [0, 0.05) is 23.8 Å². The summed E-state index contributed by atoms with van der Waals surface area (Å²) in [4.78, 5) is 20.0. The molecule has 0 spiro atoms. The third kappa shape index (κ3) is 4.57. The fourth-order valence-electron chi connectivity index (χ4n) is 4.63. The number of hydrogen-bond donors (Lipinski definition) is 1. The van der Waals surface area contributed by atoms with E-state index in [-0.39, 0.29) is 5.56 Å². The predicted molar refractivity (Wildman–Crippen MR) is 136 cm³/mol. The molecule has 1 saturated heterocycles. The van der Waals surface area contributed by atoms with Gasteiger partial charge in [-0.25, -0.2) is 4.39 Å². The fraction of sp³-hybridized carbons (Fsp3) is 0.241. The van der Waals surface area contributed by atoms with Crippen molar-refractivity contribution in [1.82, 2.24) is 9.88 Å². The zero-order valence-corrected chi connectivity index (χ0v) is 19.6. The Kier molecular flexibility index (Phi) is 6.12. The van der Waals surface area contributed by atoms with E-state index in [0.717, 1.165) is 52.8 Å². The molecule has 3 aromatic carbocycles. The highest BCUT2D eigenvalue weighted by Gasteiger charge is 2.16. The summed E-state index contributed by atoms with van der Waals surface area (Å²) in [6, 6.07) is 18.6. The maximum Gasteiger partial charge on any atom is 0.258 e. The lowest BCUT2D eigenvalue weighted by Gasteiger charge is -2.15. The molecular weight excluding hydrogens is 425 g/mol. The lowest BCUT2D eigenvalue weighted by atomic mass is 10.0. The van der Waals surface area contributed by atoms with Crippen LogP contribution >= 0.6 is 0 Å². The lowest BCUT2D eigenvalue weighted by Crippen LogP contribution is -2.18. The Morgan fingerprint density at radius 1 is 0.971 bits per heavy atom. The topological polar surface area (TPSA) is 45.2 Å². The molecule has 1 N–H and O–H groups in total. The first-order chi connectivity index (χ1) is 16.5. The van der Waals surface area contributed by atoms with Crippen molar-refractivity contribution in [3.05, 3.63) is 94.9 Å². The molecule has 4 nitrogen and oxygen atoms in total. The van der Waals surface area contributed by atoms with Gasteiger partial charge in [0.15, 0.2) is 0 Å². The zero-order chi connectivity index (χ0) is 23.7. The molecular formula is C29H28FN3O. The zero-order valence-electron chi connectivity index (χ0n) is 19.6. The molecule has 0 radical (unpaired) electrons. The Balaban J connectivity index is 1.35. The van der Waals surface area contributed by atoms with Crippen LogP contribution in [0.2, 0.25) is 0 Å². The minimum atomic E-state index is -0.543. The minimum absolute atomic E-state index is 0.0179. The Hall–Kier alpha value is -3.57. The highest BCUT2D eigenvalue weighted by atomic mass is 19.1. The van der Waals surface area contributed by atoms with Crippen molar-refractivity contribution in [1.29, 1.82) is 0 Å². The Morgan fingerprint density at radius 2 is 1.71 bits per heavy atom. The Labute approximate surface area is 199 Å². The van der Waals surface area contributed by atoms with E-state index in [1.807, 2.05) is 56.4 Å². The predicted octanol–water partition coefficient (Wildman–Crippen LogP) is 6.51. The van der Waals surface area contributed by atoms with E-state index in [0.29, 0.717) is 5.69 Å². The minimum Gasteiger partial charge on any atom is -0.322 e. The number of likely N-dealkylation sites (tertiary alicyclic amines) is 1. The highest BCUT2D eigenvalue weighted by molar-refractivity contribution is 6.06. The summed E-state index contributed by atoms with van der Waals surface area (Å²) >= 11 is 0. The van der Waals surface area contributed by atoms with E-state index in [9.17, 15) is 9.18 Å². The van der Waals surface area contributed by atoms with Gasteiger partial charge >= 0.3 is 0 Å². The van der Waals surface area contributed by atoms with E-state index >= 15 is 0 Å². The molecule has 0 atom stereocenters. The molecule has 5 heteroatoms. The van der Waals surface area contributed by atoms with E-state index in [4.69, 9.17) is 0 Å². The van der Waals surface area contributed by atoms with Crippen molar-refractivity contribution in [3.8, 4) is 11.1 Å². The first kappa shape index (κ1) is 22.2. The molecule has 5 rings (SSSR count). The molecule has 0 saturated carbocycles. The van der Waals surface area contributed by atoms with Gasteiger partial charge in [0.05, 0.1) is 11.1 Å². The van der Waals surface area contributed by atoms with E-state index in [1.165, 1.54) is 24.5 Å². The normalized spacial score (nSPS) is 14.0. The van der Waals surface area contributed by atoms with Crippen LogP contribution in [0.1, 0.15) is 39.9 Å². The molecule has 0 unspecified atom stereocenters. The van der Waals surface area contributed by atoms with Gasteiger partial charge in [-0.15, -0.1) is 0 Å². The number of amides is 1. The number of aromatic nitrogens is 1. The van der Waals surface area contributed by atoms with Crippen molar-refractivity contribution in [2.45, 2.75) is 33.2 Å². The molecule has 1 aliphatic rings. The number of halogens is 1. The van der Waals surface area contributed by atoms with Gasteiger partial charge in [0.1, 0.15) is 5.82 Å². The van der Waals surface area contributed by atoms with Crippen molar-refractivity contribution in [2.24, 2.45) is 0 Å². The average Bonchev–Trinajstić information content (AvgIpc) is 3.34. The summed E-state index contributed by atoms with van der Waals surface area (Å²) in [5.41, 5.74) is 6.36. The van der Waals surface area contributed by atoms with Gasteiger partial charge < -0.3 is 5.32 Å². The van der Waals surface area contributed by atoms with Crippen molar-refractivity contribution < 1.29 is 9.18 Å². The molecule has 4 aromatic rings. The Morgan fingerprint density at radius 3 is 2.44 bits per heavy atom. The number of aryl methyl sites for hydroxylation is 2. The van der Waals surface area contributed by atoms with Crippen LogP contribution in [-0.4, -0.2) is 28.9 Å². The van der Waals surface area contributed by atoms with Crippen molar-refractivity contribution in [2.75, 3.05) is 18.4 Å². The number of nitrogens with one attached hydrogen (secondary N) is 1. The van der Waals surface area contributed by atoms with Crippen molar-refractivity contribution in [3.63, 3.8) is 0 Å². The summed E-state index contributed by atoms with van der Waals surface area (Å²) in [7, 11) is 0. The number of benzene rings is 3. The second-order valence-corrected chi connectivity index (χ2v) is 9.15. The summed E-state index contributed by atoms with van der Waals surface area (Å²) in [6.07, 6.45) is 4.44. The van der Waals surface area contributed by atoms with Crippen LogP contribution in [0.15, 0.2) is 66.9 Å². The fourth-order valence-corrected chi connectivity index (χ4v) is 4.63. The van der Waals surface area contributed by atoms with Crippen molar-refractivity contribution >= 4 is 22.5 Å². The van der Waals surface area contributed by atoms with E-state index < -0.39 is 11.7 Å². The monoisotopic (exact) mass is 453 g/mol. The molecule has 1 aromatic heterocycles. The summed E-state index contributed by atoms with van der Waals surface area (Å²) in [6.45, 7) is 7.14. The molecule has 172 valence electrons. The number of fused-ring (bicyclic) bond motifs is 1. The van der Waals surface area contributed by atoms with Gasteiger partial charge in [0.2, 0.25) is 0 Å². The molecule has 1 fully saturated rings. The maximum absolute atomic E-state index is 14.9. The third-order valence-electron chi connectivity index (χ3n) is 6.61. The van der Waals surface area contributed by atoms with Crippen LogP contribution in [0.3, 0.4) is 0 Å². The van der Waals surface area contributed by atoms with Crippen LogP contribution < -0.4 is 5.32 Å². The van der Waals surface area contributed by atoms with Gasteiger partial charge in [0.25, 0.3) is 5.91 Å². The third-order valence-corrected chi connectivity index (χ3v) is 6.61. The molecule has 0 bridgehead atoms. The number of nitrogens with zero attached hydrogens (tertiary/aromatic N) is 2. The number of carbonyl (C=O) groups excluding carboxylic acids is 1. The lowest BCUT2D eigenvalue weighted by molar-refractivity contribution is 0.102. The highest BCUT2D eigenvalue weighted by Crippen LogP contribution is 2.27. The average molecular weight is 454 g/mol. The molecule has 1 aliphatic heterocycles. The summed E-state index contributed by atoms with van der Waals surface area (Å²) in [5, 5.41) is 3.91. The SMILES string of the molecule is Cc1ccc(-c2ccc(C(=O)Nc3ccc4cc(CN5CCCC5)cnc4c3C)c(F)c2)cc1.